The van der Waals surface area contributed by atoms with Crippen LogP contribution in [-0.2, 0) is 17.7 Å². The normalized spacial score (nSPS) is 16.1. The number of rotatable bonds is 12. The van der Waals surface area contributed by atoms with Gasteiger partial charge in [-0.1, -0.05) is 27.7 Å². The highest BCUT2D eigenvalue weighted by atomic mass is 28.4. The Morgan fingerprint density at radius 1 is 0.682 bits per heavy atom. The summed E-state index contributed by atoms with van der Waals surface area (Å²) in [6.45, 7) is 8.73. The summed E-state index contributed by atoms with van der Waals surface area (Å²) in [6, 6.07) is 1.86. The second-order valence-electron chi connectivity index (χ2n) is 5.66. The first-order chi connectivity index (χ1) is 10.4. The molecule has 7 heteroatoms. The quantitative estimate of drug-likeness (QED) is 0.505. The van der Waals surface area contributed by atoms with E-state index in [1.54, 1.807) is 28.4 Å². The third-order valence-electron chi connectivity index (χ3n) is 5.14. The van der Waals surface area contributed by atoms with Gasteiger partial charge in [0.2, 0.25) is 0 Å². The van der Waals surface area contributed by atoms with Crippen LogP contribution in [0.15, 0.2) is 0 Å². The highest BCUT2D eigenvalue weighted by Gasteiger charge is 2.51. The Kier molecular flexibility index (Phi) is 10.3. The third-order valence-corrected chi connectivity index (χ3v) is 13.5. The summed E-state index contributed by atoms with van der Waals surface area (Å²) >= 11 is 0. The van der Waals surface area contributed by atoms with E-state index in [1.807, 2.05) is 0 Å². The molecule has 0 N–H and O–H groups in total. The van der Waals surface area contributed by atoms with Crippen molar-refractivity contribution in [3.8, 4) is 0 Å². The van der Waals surface area contributed by atoms with Crippen LogP contribution in [0.5, 0.6) is 0 Å². The van der Waals surface area contributed by atoms with Crippen molar-refractivity contribution in [1.29, 1.82) is 0 Å². The van der Waals surface area contributed by atoms with Crippen molar-refractivity contribution in [3.63, 3.8) is 0 Å². The third kappa shape index (κ3) is 4.20. The van der Waals surface area contributed by atoms with Crippen LogP contribution in [0.4, 0.5) is 0 Å². The summed E-state index contributed by atoms with van der Waals surface area (Å²) in [5.41, 5.74) is 0.558. The Labute approximate surface area is 139 Å². The predicted octanol–water partition coefficient (Wildman–Crippen LogP) is 3.06. The molecule has 0 aromatic heterocycles. The van der Waals surface area contributed by atoms with Crippen molar-refractivity contribution >= 4 is 17.1 Å². The van der Waals surface area contributed by atoms with Gasteiger partial charge in [-0.2, -0.15) is 0 Å². The first kappa shape index (κ1) is 22.2. The molecule has 0 amide bonds. The second-order valence-corrected chi connectivity index (χ2v) is 13.3. The topological polar surface area (TPSA) is 40.2 Å². The molecule has 0 aromatic rings. The fourth-order valence-electron chi connectivity index (χ4n) is 3.80. The van der Waals surface area contributed by atoms with E-state index in [0.29, 0.717) is 0 Å². The van der Waals surface area contributed by atoms with Gasteiger partial charge < -0.3 is 17.7 Å². The van der Waals surface area contributed by atoms with E-state index in [0.717, 1.165) is 24.9 Å². The van der Waals surface area contributed by atoms with Gasteiger partial charge in [-0.3, -0.25) is 4.90 Å². The maximum atomic E-state index is 5.93. The van der Waals surface area contributed by atoms with Crippen molar-refractivity contribution in [2.75, 3.05) is 35.5 Å². The zero-order valence-electron chi connectivity index (χ0n) is 16.1. The highest BCUT2D eigenvalue weighted by molar-refractivity contribution is 6.70. The van der Waals surface area contributed by atoms with Gasteiger partial charge in [0.15, 0.2) is 0 Å². The molecule has 0 bridgehead atoms. The van der Waals surface area contributed by atoms with Crippen molar-refractivity contribution in [1.82, 2.24) is 4.90 Å². The van der Waals surface area contributed by atoms with Crippen LogP contribution in [0.2, 0.25) is 12.1 Å². The van der Waals surface area contributed by atoms with Crippen molar-refractivity contribution < 1.29 is 17.7 Å². The largest absolute Gasteiger partial charge is 0.397 e. The predicted molar refractivity (Wildman–Crippen MR) is 96.4 cm³/mol. The van der Waals surface area contributed by atoms with Gasteiger partial charge in [0.25, 0.3) is 0 Å². The van der Waals surface area contributed by atoms with Crippen LogP contribution in [0, 0.1) is 0 Å². The number of nitrogens with zero attached hydrogens (tertiary/aromatic N) is 1. The average molecular weight is 352 g/mol. The van der Waals surface area contributed by atoms with E-state index in [9.17, 15) is 0 Å². The molecular formula is C15H37NO4Si2. The summed E-state index contributed by atoms with van der Waals surface area (Å²) in [4.78, 5) is 2.42. The Morgan fingerprint density at radius 2 is 0.955 bits per heavy atom. The standard InChI is InChI=1S/C15H37NO4Si2/c1-10-14(21(12-3,17-6)18-7)16(5)15(11-2)22(13-4,19-8)20-9/h14-15H,10-13H2,1-9H3. The summed E-state index contributed by atoms with van der Waals surface area (Å²) in [6.07, 6.45) is 1.99. The highest BCUT2D eigenvalue weighted by Crippen LogP contribution is 2.30. The zero-order valence-corrected chi connectivity index (χ0v) is 18.1. The van der Waals surface area contributed by atoms with E-state index in [4.69, 9.17) is 17.7 Å². The van der Waals surface area contributed by atoms with E-state index >= 15 is 0 Å². The van der Waals surface area contributed by atoms with Gasteiger partial charge in [-0.05, 0) is 32.0 Å². The lowest BCUT2D eigenvalue weighted by atomic mass is 10.4. The summed E-state index contributed by atoms with van der Waals surface area (Å²) in [5.74, 6) is 0. The van der Waals surface area contributed by atoms with Crippen molar-refractivity contribution in [2.24, 2.45) is 0 Å². The van der Waals surface area contributed by atoms with Crippen LogP contribution in [0.1, 0.15) is 40.5 Å². The molecule has 22 heavy (non-hydrogen) atoms. The fourth-order valence-corrected chi connectivity index (χ4v) is 10.3. The minimum Gasteiger partial charge on any atom is -0.397 e. The zero-order chi connectivity index (χ0) is 17.4. The minimum absolute atomic E-state index is 0.279. The number of hydrogen-bond donors (Lipinski definition) is 0. The molecule has 2 unspecified atom stereocenters. The van der Waals surface area contributed by atoms with Gasteiger partial charge in [0, 0.05) is 28.4 Å². The summed E-state index contributed by atoms with van der Waals surface area (Å²) < 4.78 is 23.7. The van der Waals surface area contributed by atoms with Gasteiger partial charge in [0.05, 0.1) is 11.3 Å². The average Bonchev–Trinajstić information content (AvgIpc) is 2.57. The van der Waals surface area contributed by atoms with Crippen LogP contribution in [0.3, 0.4) is 0 Å². The molecule has 0 heterocycles. The fraction of sp³-hybridized carbons (Fsp3) is 1.00. The molecule has 0 aromatic carbocycles. The number of hydrogen-bond acceptors (Lipinski definition) is 5. The van der Waals surface area contributed by atoms with E-state index < -0.39 is 17.1 Å². The molecule has 0 aliphatic carbocycles. The Morgan fingerprint density at radius 3 is 1.09 bits per heavy atom. The van der Waals surface area contributed by atoms with E-state index in [-0.39, 0.29) is 11.3 Å². The molecule has 0 aliphatic rings. The van der Waals surface area contributed by atoms with Crippen LogP contribution < -0.4 is 0 Å². The van der Waals surface area contributed by atoms with Crippen LogP contribution in [0.25, 0.3) is 0 Å². The Hall–Kier alpha value is 0.234. The Bertz CT molecular complexity index is 255. The molecule has 0 saturated heterocycles. The maximum absolute atomic E-state index is 5.93. The van der Waals surface area contributed by atoms with Gasteiger partial charge in [-0.15, -0.1) is 0 Å². The van der Waals surface area contributed by atoms with Crippen LogP contribution >= 0.6 is 0 Å². The molecule has 0 aliphatic heterocycles. The molecule has 5 nitrogen and oxygen atoms in total. The molecule has 0 saturated carbocycles. The first-order valence-corrected chi connectivity index (χ1v) is 12.5. The monoisotopic (exact) mass is 351 g/mol. The lowest BCUT2D eigenvalue weighted by molar-refractivity contribution is 0.128. The lowest BCUT2D eigenvalue weighted by Gasteiger charge is -2.46. The second kappa shape index (κ2) is 10.2. The lowest BCUT2D eigenvalue weighted by Crippen LogP contribution is -2.66. The van der Waals surface area contributed by atoms with Gasteiger partial charge in [0.1, 0.15) is 0 Å². The molecule has 2 atom stereocenters. The Balaban J connectivity index is 5.67. The molecule has 0 spiro atoms. The van der Waals surface area contributed by atoms with E-state index in [1.165, 1.54) is 0 Å². The van der Waals surface area contributed by atoms with Crippen molar-refractivity contribution in [2.45, 2.75) is 64.0 Å². The maximum Gasteiger partial charge on any atom is 0.355 e. The molecular weight excluding hydrogens is 314 g/mol. The molecule has 0 radical (unpaired) electrons. The molecule has 0 fully saturated rings. The molecule has 0 rings (SSSR count). The first-order valence-electron chi connectivity index (χ1n) is 8.34. The van der Waals surface area contributed by atoms with Gasteiger partial charge in [-0.25, -0.2) is 0 Å². The van der Waals surface area contributed by atoms with E-state index in [2.05, 4.69) is 39.6 Å². The smallest absolute Gasteiger partial charge is 0.355 e. The van der Waals surface area contributed by atoms with Crippen LogP contribution in [-0.4, -0.2) is 68.8 Å². The molecule has 134 valence electrons. The SMILES string of the molecule is CCC(N(C)C(CC)[Si](CC)(OC)OC)[Si](CC)(OC)OC. The summed E-state index contributed by atoms with van der Waals surface area (Å²) in [7, 11) is 4.78. The summed E-state index contributed by atoms with van der Waals surface area (Å²) in [5, 5.41) is 0. The van der Waals surface area contributed by atoms with Gasteiger partial charge >= 0.3 is 17.1 Å². The van der Waals surface area contributed by atoms with Crippen molar-refractivity contribution in [3.05, 3.63) is 0 Å². The minimum atomic E-state index is -2.27.